The molecule has 31 heavy (non-hydrogen) atoms. The van der Waals surface area contributed by atoms with Gasteiger partial charge in [-0.1, -0.05) is 12.1 Å². The molecule has 1 N–H and O–H groups in total. The lowest BCUT2D eigenvalue weighted by molar-refractivity contribution is 0.0629. The number of carbonyl (C=O) groups excluding carboxylic acids is 1. The molecule has 1 amide bonds. The number of nitrogens with zero attached hydrogens (tertiary/aromatic N) is 2. The van der Waals surface area contributed by atoms with Gasteiger partial charge in [0.2, 0.25) is 0 Å². The molecule has 1 fully saturated rings. The number of hydrogen-bond donors (Lipinski definition) is 1. The summed E-state index contributed by atoms with van der Waals surface area (Å²) in [5.74, 6) is -0.736. The fraction of sp³-hybridized carbons (Fsp3) is 0.227. The molecule has 2 aromatic carbocycles. The van der Waals surface area contributed by atoms with Crippen molar-refractivity contribution in [2.75, 3.05) is 30.9 Å². The average molecular weight is 460 g/mol. The molecule has 0 saturated carbocycles. The van der Waals surface area contributed by atoms with Crippen molar-refractivity contribution in [3.05, 3.63) is 82.3 Å². The zero-order valence-corrected chi connectivity index (χ0v) is 18.3. The van der Waals surface area contributed by atoms with Gasteiger partial charge >= 0.3 is 0 Å². The highest BCUT2D eigenvalue weighted by molar-refractivity contribution is 7.92. The molecule has 2 heterocycles. The van der Waals surface area contributed by atoms with Gasteiger partial charge < -0.3 is 4.90 Å². The average Bonchev–Trinajstić information content (AvgIpc) is 3.27. The Balaban J connectivity index is 1.45. The van der Waals surface area contributed by atoms with Crippen molar-refractivity contribution < 1.29 is 17.6 Å². The number of piperazine rings is 1. The highest BCUT2D eigenvalue weighted by Crippen LogP contribution is 2.23. The van der Waals surface area contributed by atoms with Gasteiger partial charge in [0, 0.05) is 32.7 Å². The minimum absolute atomic E-state index is 0.0711. The van der Waals surface area contributed by atoms with Gasteiger partial charge in [-0.15, -0.1) is 0 Å². The number of para-hydroxylation sites is 1. The molecule has 0 unspecified atom stereocenters. The lowest BCUT2D eigenvalue weighted by Crippen LogP contribution is -2.48. The third-order valence-electron chi connectivity index (χ3n) is 5.17. The first-order valence-electron chi connectivity index (χ1n) is 9.82. The van der Waals surface area contributed by atoms with Gasteiger partial charge in [0.05, 0.1) is 16.1 Å². The summed E-state index contributed by atoms with van der Waals surface area (Å²) in [7, 11) is -3.95. The van der Waals surface area contributed by atoms with Crippen LogP contribution in [0.25, 0.3) is 0 Å². The molecular weight excluding hydrogens is 437 g/mol. The minimum atomic E-state index is -3.95. The predicted molar refractivity (Wildman–Crippen MR) is 119 cm³/mol. The molecule has 0 spiro atoms. The van der Waals surface area contributed by atoms with Crippen molar-refractivity contribution in [1.82, 2.24) is 9.80 Å². The molecule has 4 rings (SSSR count). The first-order valence-corrected chi connectivity index (χ1v) is 12.2. The summed E-state index contributed by atoms with van der Waals surface area (Å²) in [6.45, 7) is 3.51. The van der Waals surface area contributed by atoms with E-state index >= 15 is 0 Å². The molecule has 0 radical (unpaired) electrons. The number of thiophene rings is 1. The Labute approximate surface area is 185 Å². The van der Waals surface area contributed by atoms with E-state index in [0.29, 0.717) is 18.7 Å². The van der Waals surface area contributed by atoms with Crippen LogP contribution in [0.4, 0.5) is 10.1 Å². The fourth-order valence-electron chi connectivity index (χ4n) is 3.50. The topological polar surface area (TPSA) is 69.7 Å². The Hall–Kier alpha value is -2.75. The Morgan fingerprint density at radius 1 is 1.00 bits per heavy atom. The van der Waals surface area contributed by atoms with E-state index in [0.717, 1.165) is 31.8 Å². The van der Waals surface area contributed by atoms with Gasteiger partial charge in [0.25, 0.3) is 15.9 Å². The van der Waals surface area contributed by atoms with Gasteiger partial charge in [0.1, 0.15) is 5.82 Å². The van der Waals surface area contributed by atoms with Crippen LogP contribution in [0.15, 0.2) is 70.3 Å². The summed E-state index contributed by atoms with van der Waals surface area (Å²) in [5.41, 5.74) is 1.77. The summed E-state index contributed by atoms with van der Waals surface area (Å²) in [6, 6.07) is 13.2. The van der Waals surface area contributed by atoms with E-state index in [2.05, 4.69) is 26.4 Å². The van der Waals surface area contributed by atoms with Gasteiger partial charge in [-0.3, -0.25) is 14.4 Å². The molecule has 9 heteroatoms. The van der Waals surface area contributed by atoms with E-state index in [-0.39, 0.29) is 16.5 Å². The molecule has 162 valence electrons. The second kappa shape index (κ2) is 9.17. The van der Waals surface area contributed by atoms with Crippen molar-refractivity contribution in [2.24, 2.45) is 0 Å². The smallest absolute Gasteiger partial charge is 0.261 e. The molecule has 0 atom stereocenters. The number of halogens is 1. The highest BCUT2D eigenvalue weighted by atomic mass is 32.2. The molecule has 0 aliphatic carbocycles. The van der Waals surface area contributed by atoms with E-state index in [9.17, 15) is 17.6 Å². The van der Waals surface area contributed by atoms with Crippen LogP contribution in [0.1, 0.15) is 15.9 Å². The van der Waals surface area contributed by atoms with Gasteiger partial charge in [-0.05, 0) is 58.8 Å². The van der Waals surface area contributed by atoms with E-state index in [1.165, 1.54) is 17.7 Å². The maximum Gasteiger partial charge on any atom is 0.261 e. The molecule has 1 aliphatic rings. The number of anilines is 1. The zero-order valence-electron chi connectivity index (χ0n) is 16.7. The Bertz CT molecular complexity index is 1140. The van der Waals surface area contributed by atoms with Gasteiger partial charge in [-0.2, -0.15) is 11.3 Å². The first-order chi connectivity index (χ1) is 14.9. The Morgan fingerprint density at radius 3 is 2.39 bits per heavy atom. The highest BCUT2D eigenvalue weighted by Gasteiger charge is 2.25. The van der Waals surface area contributed by atoms with Gasteiger partial charge in [-0.25, -0.2) is 12.8 Å². The van der Waals surface area contributed by atoms with Crippen LogP contribution in [0, 0.1) is 5.82 Å². The lowest BCUT2D eigenvalue weighted by atomic mass is 10.1. The molecule has 1 aliphatic heterocycles. The minimum Gasteiger partial charge on any atom is -0.336 e. The third kappa shape index (κ3) is 5.12. The summed E-state index contributed by atoms with van der Waals surface area (Å²) in [4.78, 5) is 17.1. The monoisotopic (exact) mass is 459 g/mol. The maximum atomic E-state index is 13.1. The van der Waals surface area contributed by atoms with Crippen molar-refractivity contribution >= 4 is 33.0 Å². The van der Waals surface area contributed by atoms with Crippen LogP contribution in [-0.2, 0) is 16.6 Å². The summed E-state index contributed by atoms with van der Waals surface area (Å²) < 4.78 is 41.0. The van der Waals surface area contributed by atoms with Crippen LogP contribution in [0.2, 0.25) is 0 Å². The molecule has 1 aromatic heterocycles. The normalized spacial score (nSPS) is 15.1. The zero-order chi connectivity index (χ0) is 21.8. The number of hydrogen-bond acceptors (Lipinski definition) is 5. The van der Waals surface area contributed by atoms with Crippen LogP contribution >= 0.6 is 11.3 Å². The Kier molecular flexibility index (Phi) is 6.35. The van der Waals surface area contributed by atoms with E-state index in [4.69, 9.17) is 0 Å². The largest absolute Gasteiger partial charge is 0.336 e. The molecule has 6 nitrogen and oxygen atoms in total. The van der Waals surface area contributed by atoms with Crippen LogP contribution in [-0.4, -0.2) is 50.3 Å². The molecular formula is C22H22FN3O3S2. The fourth-order valence-corrected chi connectivity index (χ4v) is 5.24. The van der Waals surface area contributed by atoms with Gasteiger partial charge in [0.15, 0.2) is 0 Å². The molecule has 3 aromatic rings. The second-order valence-corrected chi connectivity index (χ2v) is 9.77. The standard InChI is InChI=1S/C22H22FN3O3S2/c23-18-5-7-19(8-6-18)31(28,29)24-21-4-2-1-3-20(21)22(27)26-12-10-25(11-13-26)15-17-9-14-30-16-17/h1-9,14,16,24H,10-13,15H2. The second-order valence-electron chi connectivity index (χ2n) is 7.30. The van der Waals surface area contributed by atoms with Crippen molar-refractivity contribution in [2.45, 2.75) is 11.4 Å². The first kappa shape index (κ1) is 21.5. The van der Waals surface area contributed by atoms with Crippen LogP contribution < -0.4 is 4.72 Å². The number of sulfonamides is 1. The predicted octanol–water partition coefficient (Wildman–Crippen LogP) is 3.65. The van der Waals surface area contributed by atoms with Crippen molar-refractivity contribution in [3.63, 3.8) is 0 Å². The van der Waals surface area contributed by atoms with E-state index in [1.807, 2.05) is 0 Å². The number of nitrogens with one attached hydrogen (secondary N) is 1. The van der Waals surface area contributed by atoms with Crippen LogP contribution in [0.5, 0.6) is 0 Å². The van der Waals surface area contributed by atoms with Crippen molar-refractivity contribution in [1.29, 1.82) is 0 Å². The SMILES string of the molecule is O=C(c1ccccc1NS(=O)(=O)c1ccc(F)cc1)N1CCN(Cc2ccsc2)CC1. The summed E-state index contributed by atoms with van der Waals surface area (Å²) in [5, 5.41) is 4.18. The molecule has 1 saturated heterocycles. The lowest BCUT2D eigenvalue weighted by Gasteiger charge is -2.35. The number of amides is 1. The van der Waals surface area contributed by atoms with E-state index < -0.39 is 15.8 Å². The van der Waals surface area contributed by atoms with E-state index in [1.54, 1.807) is 40.5 Å². The summed E-state index contributed by atoms with van der Waals surface area (Å²) >= 11 is 1.67. The summed E-state index contributed by atoms with van der Waals surface area (Å²) in [6.07, 6.45) is 0. The quantitative estimate of drug-likeness (QED) is 0.611. The third-order valence-corrected chi connectivity index (χ3v) is 7.28. The van der Waals surface area contributed by atoms with Crippen LogP contribution in [0.3, 0.4) is 0 Å². The number of rotatable bonds is 6. The number of carbonyl (C=O) groups is 1. The Morgan fingerprint density at radius 2 is 1.71 bits per heavy atom. The number of benzene rings is 2. The molecule has 0 bridgehead atoms. The maximum absolute atomic E-state index is 13.1. The van der Waals surface area contributed by atoms with Crippen molar-refractivity contribution in [3.8, 4) is 0 Å².